The number of benzene rings is 1. The summed E-state index contributed by atoms with van der Waals surface area (Å²) < 4.78 is 0. The van der Waals surface area contributed by atoms with E-state index in [-0.39, 0.29) is 10.9 Å². The lowest BCUT2D eigenvalue weighted by Gasteiger charge is -2.15. The van der Waals surface area contributed by atoms with Crippen LogP contribution in [-0.2, 0) is 17.8 Å². The quantitative estimate of drug-likeness (QED) is 0.805. The fourth-order valence-electron chi connectivity index (χ4n) is 2.07. The van der Waals surface area contributed by atoms with Crippen LogP contribution in [0.3, 0.4) is 0 Å². The van der Waals surface area contributed by atoms with Gasteiger partial charge in [-0.1, -0.05) is 49.5 Å². The number of nitrogens with two attached hydrogens (primary N) is 1. The van der Waals surface area contributed by atoms with Crippen molar-refractivity contribution in [1.29, 1.82) is 0 Å². The van der Waals surface area contributed by atoms with Gasteiger partial charge in [-0.05, 0) is 24.1 Å². The van der Waals surface area contributed by atoms with Crippen LogP contribution in [0.4, 0.5) is 0 Å². The van der Waals surface area contributed by atoms with E-state index in [1.54, 1.807) is 11.3 Å². The van der Waals surface area contributed by atoms with Crippen LogP contribution < -0.4 is 11.1 Å². The zero-order chi connectivity index (χ0) is 15.2. The molecule has 0 saturated carbocycles. The minimum Gasteiger partial charge on any atom is -0.392 e. The normalized spacial score (nSPS) is 11.9. The molecule has 0 aliphatic rings. The fraction of sp³-hybridized carbons (Fsp3) is 0.250. The lowest BCUT2D eigenvalue weighted by molar-refractivity contribution is -0.121. The summed E-state index contributed by atoms with van der Waals surface area (Å²) in [7, 11) is 0. The molecule has 1 aromatic heterocycles. The van der Waals surface area contributed by atoms with Gasteiger partial charge in [0.2, 0.25) is 5.91 Å². The van der Waals surface area contributed by atoms with Crippen LogP contribution in [0.25, 0.3) is 0 Å². The molecule has 110 valence electrons. The molecule has 1 heterocycles. The van der Waals surface area contributed by atoms with Crippen LogP contribution in [0.2, 0.25) is 0 Å². The molecule has 0 saturated heterocycles. The predicted octanol–water partition coefficient (Wildman–Crippen LogP) is 3.00. The van der Waals surface area contributed by atoms with Crippen molar-refractivity contribution in [2.45, 2.75) is 25.8 Å². The minimum absolute atomic E-state index is 0.153. The highest BCUT2D eigenvalue weighted by Gasteiger charge is 2.23. The fourth-order valence-corrected chi connectivity index (χ4v) is 3.21. The highest BCUT2D eigenvalue weighted by atomic mass is 32.1. The molecule has 1 amide bonds. The summed E-state index contributed by atoms with van der Waals surface area (Å²) in [5, 5.41) is 2.92. The zero-order valence-corrected chi connectivity index (χ0v) is 13.5. The van der Waals surface area contributed by atoms with Gasteiger partial charge in [0.1, 0.15) is 5.92 Å². The van der Waals surface area contributed by atoms with Crippen LogP contribution in [0, 0.1) is 0 Å². The molecule has 2 rings (SSSR count). The average Bonchev–Trinajstić information content (AvgIpc) is 2.94. The summed E-state index contributed by atoms with van der Waals surface area (Å²) in [5.41, 5.74) is 6.56. The summed E-state index contributed by atoms with van der Waals surface area (Å²) in [5.74, 6) is -0.730. The monoisotopic (exact) mass is 318 g/mol. The summed E-state index contributed by atoms with van der Waals surface area (Å²) >= 11 is 6.76. The molecular weight excluding hydrogens is 300 g/mol. The molecule has 0 spiro atoms. The molecule has 3 N–H and O–H groups in total. The van der Waals surface area contributed by atoms with Crippen molar-refractivity contribution in [3.8, 4) is 0 Å². The molecule has 0 radical (unpaired) electrons. The summed E-state index contributed by atoms with van der Waals surface area (Å²) in [6.07, 6.45) is 1.01. The maximum atomic E-state index is 12.4. The van der Waals surface area contributed by atoms with Gasteiger partial charge >= 0.3 is 0 Å². The van der Waals surface area contributed by atoms with Crippen molar-refractivity contribution < 1.29 is 4.79 Å². The Hall–Kier alpha value is -1.72. The maximum absolute atomic E-state index is 12.4. The topological polar surface area (TPSA) is 55.1 Å². The number of hydrogen-bond donors (Lipinski definition) is 2. The second-order valence-corrected chi connectivity index (χ2v) is 6.41. The van der Waals surface area contributed by atoms with Gasteiger partial charge in [-0.3, -0.25) is 4.79 Å². The Labute approximate surface area is 134 Å². The van der Waals surface area contributed by atoms with Crippen molar-refractivity contribution in [1.82, 2.24) is 5.32 Å². The number of thiocarbonyl (C=S) groups is 1. The molecule has 5 heteroatoms. The molecule has 0 fully saturated rings. The first-order chi connectivity index (χ1) is 10.1. The van der Waals surface area contributed by atoms with E-state index < -0.39 is 5.92 Å². The molecular formula is C16H18N2OS2. The van der Waals surface area contributed by atoms with Gasteiger partial charge in [0.15, 0.2) is 0 Å². The number of aryl methyl sites for hydroxylation is 1. The molecule has 0 aliphatic carbocycles. The van der Waals surface area contributed by atoms with Gasteiger partial charge in [0.25, 0.3) is 0 Å². The van der Waals surface area contributed by atoms with E-state index in [1.165, 1.54) is 4.88 Å². The largest absolute Gasteiger partial charge is 0.392 e. The molecule has 21 heavy (non-hydrogen) atoms. The molecule has 1 aromatic carbocycles. The molecule has 0 aliphatic heterocycles. The van der Waals surface area contributed by atoms with E-state index >= 15 is 0 Å². The van der Waals surface area contributed by atoms with E-state index in [2.05, 4.69) is 18.3 Å². The van der Waals surface area contributed by atoms with E-state index in [0.29, 0.717) is 6.54 Å². The van der Waals surface area contributed by atoms with Gasteiger partial charge in [0, 0.05) is 9.75 Å². The highest BCUT2D eigenvalue weighted by Crippen LogP contribution is 2.19. The van der Waals surface area contributed by atoms with Crippen LogP contribution in [0.1, 0.15) is 28.2 Å². The number of rotatable bonds is 6. The smallest absolute Gasteiger partial charge is 0.234 e. The zero-order valence-electron chi connectivity index (χ0n) is 11.8. The first-order valence-electron chi connectivity index (χ1n) is 6.81. The van der Waals surface area contributed by atoms with Gasteiger partial charge in [-0.2, -0.15) is 0 Å². The van der Waals surface area contributed by atoms with Crippen LogP contribution in [0.5, 0.6) is 0 Å². The Morgan fingerprint density at radius 3 is 2.48 bits per heavy atom. The van der Waals surface area contributed by atoms with E-state index in [1.807, 2.05) is 36.4 Å². The first-order valence-corrected chi connectivity index (χ1v) is 8.04. The minimum atomic E-state index is -0.577. The van der Waals surface area contributed by atoms with E-state index in [0.717, 1.165) is 16.9 Å². The number of carbonyl (C=O) groups excluding carboxylic acids is 1. The Bertz CT molecular complexity index is 622. The van der Waals surface area contributed by atoms with Crippen molar-refractivity contribution in [2.75, 3.05) is 0 Å². The number of amides is 1. The third-order valence-corrected chi connectivity index (χ3v) is 4.65. The van der Waals surface area contributed by atoms with E-state index in [9.17, 15) is 4.79 Å². The first kappa shape index (κ1) is 15.7. The van der Waals surface area contributed by atoms with Crippen LogP contribution in [0.15, 0.2) is 42.5 Å². The Balaban J connectivity index is 2.04. The Kier molecular flexibility index (Phi) is 5.47. The number of nitrogens with one attached hydrogen (secondary N) is 1. The van der Waals surface area contributed by atoms with Crippen LogP contribution in [-0.4, -0.2) is 10.9 Å². The highest BCUT2D eigenvalue weighted by molar-refractivity contribution is 7.80. The summed E-state index contributed by atoms with van der Waals surface area (Å²) in [6, 6.07) is 13.5. The van der Waals surface area contributed by atoms with Crippen molar-refractivity contribution in [3.63, 3.8) is 0 Å². The number of thiophene rings is 1. The molecule has 3 nitrogen and oxygen atoms in total. The second kappa shape index (κ2) is 7.33. The number of carbonyl (C=O) groups is 1. The lowest BCUT2D eigenvalue weighted by atomic mass is 9.98. The SMILES string of the molecule is CCc1ccc(CNC(=O)C(C(N)=S)c2ccccc2)s1. The van der Waals surface area contributed by atoms with E-state index in [4.69, 9.17) is 18.0 Å². The third kappa shape index (κ3) is 4.12. The predicted molar refractivity (Wildman–Crippen MR) is 91.5 cm³/mol. The summed E-state index contributed by atoms with van der Waals surface area (Å²) in [4.78, 5) is 15.0. The standard InChI is InChI=1S/C16H18N2OS2/c1-2-12-8-9-13(21-12)10-18-16(19)14(15(17)20)11-6-4-3-5-7-11/h3-9,14H,2,10H2,1H3,(H2,17,20)(H,18,19). The molecule has 1 unspecified atom stereocenters. The van der Waals surface area contributed by atoms with Gasteiger partial charge in [-0.25, -0.2) is 0 Å². The van der Waals surface area contributed by atoms with Crippen molar-refractivity contribution >= 4 is 34.5 Å². The summed E-state index contributed by atoms with van der Waals surface area (Å²) in [6.45, 7) is 2.63. The number of hydrogen-bond acceptors (Lipinski definition) is 3. The Morgan fingerprint density at radius 2 is 1.90 bits per heavy atom. The second-order valence-electron chi connectivity index (χ2n) is 4.69. The Morgan fingerprint density at radius 1 is 1.24 bits per heavy atom. The van der Waals surface area contributed by atoms with Crippen molar-refractivity contribution in [3.05, 3.63) is 57.8 Å². The third-order valence-electron chi connectivity index (χ3n) is 3.18. The van der Waals surface area contributed by atoms with Gasteiger partial charge < -0.3 is 11.1 Å². The molecule has 2 aromatic rings. The molecule has 1 atom stereocenters. The van der Waals surface area contributed by atoms with Crippen molar-refractivity contribution in [2.24, 2.45) is 5.73 Å². The van der Waals surface area contributed by atoms with Crippen LogP contribution >= 0.6 is 23.6 Å². The molecule has 0 bridgehead atoms. The average molecular weight is 318 g/mol. The van der Waals surface area contributed by atoms with Gasteiger partial charge in [-0.15, -0.1) is 11.3 Å². The lowest BCUT2D eigenvalue weighted by Crippen LogP contribution is -2.35. The van der Waals surface area contributed by atoms with Gasteiger partial charge in [0.05, 0.1) is 11.5 Å². The maximum Gasteiger partial charge on any atom is 0.234 e.